The fraction of sp³-hybridized carbons (Fsp3) is 0.556. The number of amides is 1. The molecular formula is C18H29ClN4O2. The summed E-state index contributed by atoms with van der Waals surface area (Å²) in [5.41, 5.74) is 0.480. The Bertz CT molecular complexity index is 550. The number of benzene rings is 1. The van der Waals surface area contributed by atoms with E-state index in [4.69, 9.17) is 16.3 Å². The minimum Gasteiger partial charge on any atom is -0.381 e. The number of hydrogen-bond acceptors (Lipinski definition) is 3. The molecule has 0 aliphatic rings. The van der Waals surface area contributed by atoms with Gasteiger partial charge in [-0.2, -0.15) is 0 Å². The van der Waals surface area contributed by atoms with E-state index in [1.54, 1.807) is 31.3 Å². The van der Waals surface area contributed by atoms with Crippen LogP contribution in [-0.2, 0) is 4.74 Å². The number of nitrogens with zero attached hydrogens (tertiary/aromatic N) is 1. The zero-order valence-corrected chi connectivity index (χ0v) is 16.0. The van der Waals surface area contributed by atoms with Crippen LogP contribution in [-0.4, -0.2) is 51.8 Å². The van der Waals surface area contributed by atoms with Crippen molar-refractivity contribution in [2.75, 3.05) is 39.9 Å². The number of hydrogen-bond donors (Lipinski definition) is 3. The highest BCUT2D eigenvalue weighted by atomic mass is 35.5. The molecule has 0 bridgehead atoms. The predicted molar refractivity (Wildman–Crippen MR) is 103 cm³/mol. The molecule has 0 aromatic heterocycles. The van der Waals surface area contributed by atoms with E-state index in [2.05, 4.69) is 34.8 Å². The Morgan fingerprint density at radius 2 is 1.84 bits per heavy atom. The second-order valence-corrected chi connectivity index (χ2v) is 6.39. The van der Waals surface area contributed by atoms with Gasteiger partial charge in [0, 0.05) is 39.9 Å². The molecule has 25 heavy (non-hydrogen) atoms. The Morgan fingerprint density at radius 1 is 1.16 bits per heavy atom. The first kappa shape index (κ1) is 21.3. The van der Waals surface area contributed by atoms with Crippen molar-refractivity contribution < 1.29 is 9.53 Å². The number of aliphatic imine (C=N–C) groups is 1. The molecule has 6 nitrogen and oxygen atoms in total. The summed E-state index contributed by atoms with van der Waals surface area (Å²) in [6, 6.07) is 6.98. The smallest absolute Gasteiger partial charge is 0.252 e. The van der Waals surface area contributed by atoms with Crippen molar-refractivity contribution in [3.63, 3.8) is 0 Å². The van der Waals surface area contributed by atoms with E-state index in [-0.39, 0.29) is 5.91 Å². The number of ether oxygens (including phenoxy) is 1. The zero-order valence-electron chi connectivity index (χ0n) is 15.3. The number of halogens is 1. The largest absolute Gasteiger partial charge is 0.381 e. The molecule has 0 heterocycles. The van der Waals surface area contributed by atoms with Crippen LogP contribution in [0.5, 0.6) is 0 Å². The van der Waals surface area contributed by atoms with Crippen LogP contribution in [0.25, 0.3) is 0 Å². The summed E-state index contributed by atoms with van der Waals surface area (Å²) in [5.74, 6) is 1.08. The lowest BCUT2D eigenvalue weighted by molar-refractivity contribution is 0.0954. The molecule has 7 heteroatoms. The van der Waals surface area contributed by atoms with E-state index in [1.807, 2.05) is 0 Å². The number of carbonyl (C=O) groups is 1. The van der Waals surface area contributed by atoms with Crippen LogP contribution in [0.3, 0.4) is 0 Å². The Hall–Kier alpha value is -1.79. The summed E-state index contributed by atoms with van der Waals surface area (Å²) < 4.78 is 5.53. The maximum absolute atomic E-state index is 12.0. The molecule has 1 aromatic carbocycles. The summed E-state index contributed by atoms with van der Waals surface area (Å²) in [4.78, 5) is 16.2. The summed E-state index contributed by atoms with van der Waals surface area (Å²) in [6.07, 6.45) is 0.913. The standard InChI is InChI=1S/C18H29ClN4O2/c1-14(2)13-25-12-6-9-22-18(20-3)23-11-10-21-17(24)15-7-4-5-8-16(15)19/h4-5,7-8,14H,6,9-13H2,1-3H3,(H,21,24)(H2,20,22,23). The zero-order chi connectivity index (χ0) is 18.5. The van der Waals surface area contributed by atoms with Crippen LogP contribution in [0.1, 0.15) is 30.6 Å². The molecular weight excluding hydrogens is 340 g/mol. The maximum Gasteiger partial charge on any atom is 0.252 e. The van der Waals surface area contributed by atoms with E-state index in [1.165, 1.54) is 0 Å². The highest BCUT2D eigenvalue weighted by Crippen LogP contribution is 2.14. The first-order chi connectivity index (χ1) is 12.0. The second kappa shape index (κ2) is 12.6. The lowest BCUT2D eigenvalue weighted by Crippen LogP contribution is -2.42. The van der Waals surface area contributed by atoms with E-state index in [0.717, 1.165) is 26.2 Å². The van der Waals surface area contributed by atoms with Crippen molar-refractivity contribution in [3.8, 4) is 0 Å². The third-order valence-corrected chi connectivity index (χ3v) is 3.58. The maximum atomic E-state index is 12.0. The number of nitrogens with one attached hydrogen (secondary N) is 3. The van der Waals surface area contributed by atoms with Crippen LogP contribution in [0, 0.1) is 5.92 Å². The monoisotopic (exact) mass is 368 g/mol. The highest BCUT2D eigenvalue weighted by Gasteiger charge is 2.08. The van der Waals surface area contributed by atoms with Gasteiger partial charge in [-0.15, -0.1) is 0 Å². The van der Waals surface area contributed by atoms with Crippen molar-refractivity contribution in [1.82, 2.24) is 16.0 Å². The highest BCUT2D eigenvalue weighted by molar-refractivity contribution is 6.33. The van der Waals surface area contributed by atoms with Gasteiger partial charge in [0.1, 0.15) is 0 Å². The van der Waals surface area contributed by atoms with Gasteiger partial charge in [-0.05, 0) is 24.5 Å². The lowest BCUT2D eigenvalue weighted by Gasteiger charge is -2.13. The molecule has 0 radical (unpaired) electrons. The first-order valence-electron chi connectivity index (χ1n) is 8.59. The molecule has 0 saturated heterocycles. The van der Waals surface area contributed by atoms with Crippen LogP contribution < -0.4 is 16.0 Å². The van der Waals surface area contributed by atoms with Crippen molar-refractivity contribution >= 4 is 23.5 Å². The fourth-order valence-electron chi connectivity index (χ4n) is 2.02. The molecule has 140 valence electrons. The van der Waals surface area contributed by atoms with Gasteiger partial charge in [0.2, 0.25) is 0 Å². The molecule has 1 aromatic rings. The number of guanidine groups is 1. The fourth-order valence-corrected chi connectivity index (χ4v) is 2.24. The summed E-state index contributed by atoms with van der Waals surface area (Å²) in [6.45, 7) is 7.61. The molecule has 1 amide bonds. The SMILES string of the molecule is CN=C(NCCCOCC(C)C)NCCNC(=O)c1ccccc1Cl. The Kier molecular flexibility index (Phi) is 10.7. The molecule has 0 unspecified atom stereocenters. The van der Waals surface area contributed by atoms with Gasteiger partial charge in [0.05, 0.1) is 10.6 Å². The van der Waals surface area contributed by atoms with Gasteiger partial charge in [-0.1, -0.05) is 37.6 Å². The van der Waals surface area contributed by atoms with Gasteiger partial charge in [-0.3, -0.25) is 9.79 Å². The number of carbonyl (C=O) groups excluding carboxylic acids is 1. The average molecular weight is 369 g/mol. The molecule has 1 rings (SSSR count). The van der Waals surface area contributed by atoms with Crippen LogP contribution in [0.2, 0.25) is 5.02 Å². The minimum atomic E-state index is -0.183. The average Bonchev–Trinajstić information content (AvgIpc) is 2.59. The van der Waals surface area contributed by atoms with Gasteiger partial charge >= 0.3 is 0 Å². The molecule has 0 atom stereocenters. The Labute approximate surface area is 155 Å². The van der Waals surface area contributed by atoms with Crippen molar-refractivity contribution in [2.24, 2.45) is 10.9 Å². The topological polar surface area (TPSA) is 74.8 Å². The Balaban J connectivity index is 2.15. The van der Waals surface area contributed by atoms with Crippen molar-refractivity contribution in [2.45, 2.75) is 20.3 Å². The summed E-state index contributed by atoms with van der Waals surface area (Å²) in [7, 11) is 1.72. The van der Waals surface area contributed by atoms with Crippen LogP contribution in [0.15, 0.2) is 29.3 Å². The summed E-state index contributed by atoms with van der Waals surface area (Å²) in [5, 5.41) is 9.64. The van der Waals surface area contributed by atoms with Gasteiger partial charge in [0.15, 0.2) is 5.96 Å². The van der Waals surface area contributed by atoms with E-state index in [9.17, 15) is 4.79 Å². The van der Waals surface area contributed by atoms with Crippen molar-refractivity contribution in [3.05, 3.63) is 34.9 Å². The third-order valence-electron chi connectivity index (χ3n) is 3.25. The van der Waals surface area contributed by atoms with Crippen LogP contribution in [0.4, 0.5) is 0 Å². The number of rotatable bonds is 10. The van der Waals surface area contributed by atoms with E-state index >= 15 is 0 Å². The normalized spacial score (nSPS) is 11.5. The van der Waals surface area contributed by atoms with Crippen LogP contribution >= 0.6 is 11.6 Å². The van der Waals surface area contributed by atoms with E-state index < -0.39 is 0 Å². The molecule has 0 fully saturated rings. The first-order valence-corrected chi connectivity index (χ1v) is 8.97. The lowest BCUT2D eigenvalue weighted by atomic mass is 10.2. The van der Waals surface area contributed by atoms with Gasteiger partial charge in [0.25, 0.3) is 5.91 Å². The molecule has 3 N–H and O–H groups in total. The Morgan fingerprint density at radius 3 is 2.52 bits per heavy atom. The molecule has 0 aliphatic carbocycles. The van der Waals surface area contributed by atoms with Gasteiger partial charge in [-0.25, -0.2) is 0 Å². The van der Waals surface area contributed by atoms with Gasteiger partial charge < -0.3 is 20.7 Å². The molecule has 0 saturated carbocycles. The summed E-state index contributed by atoms with van der Waals surface area (Å²) >= 11 is 6.00. The predicted octanol–water partition coefficient (Wildman–Crippen LogP) is 2.30. The quantitative estimate of drug-likeness (QED) is 0.336. The minimum absolute atomic E-state index is 0.183. The van der Waals surface area contributed by atoms with E-state index in [0.29, 0.717) is 35.6 Å². The molecule has 0 aliphatic heterocycles. The third kappa shape index (κ3) is 9.31. The molecule has 0 spiro atoms. The van der Waals surface area contributed by atoms with Crippen molar-refractivity contribution in [1.29, 1.82) is 0 Å². The second-order valence-electron chi connectivity index (χ2n) is 5.98.